The molecule has 1 aromatic heterocycles. The molecule has 5 heteroatoms. The Morgan fingerprint density at radius 2 is 2.06 bits per heavy atom. The lowest BCUT2D eigenvalue weighted by Crippen LogP contribution is -1.87. The average Bonchev–Trinajstić information content (AvgIpc) is 2.78. The van der Waals surface area contributed by atoms with Gasteiger partial charge in [-0.05, 0) is 19.1 Å². The van der Waals surface area contributed by atoms with Crippen molar-refractivity contribution in [2.24, 2.45) is 0 Å². The molecule has 0 amide bonds. The minimum Gasteiger partial charge on any atom is -0.496 e. The van der Waals surface area contributed by atoms with Gasteiger partial charge in [-0.15, -0.1) is 21.8 Å². The van der Waals surface area contributed by atoms with Crippen molar-refractivity contribution in [3.63, 3.8) is 0 Å². The number of aromatic nitrogens is 2. The molecule has 0 aliphatic heterocycles. The zero-order valence-corrected chi connectivity index (χ0v) is 9.73. The molecule has 0 spiro atoms. The number of rotatable bonds is 3. The van der Waals surface area contributed by atoms with E-state index in [0.717, 1.165) is 5.56 Å². The van der Waals surface area contributed by atoms with Gasteiger partial charge in [-0.2, -0.15) is 0 Å². The van der Waals surface area contributed by atoms with E-state index in [2.05, 4.69) is 10.2 Å². The minimum atomic E-state index is -0.295. The van der Waals surface area contributed by atoms with Crippen molar-refractivity contribution in [1.82, 2.24) is 10.2 Å². The Bertz CT molecular complexity index is 482. The molecule has 16 heavy (non-hydrogen) atoms. The van der Waals surface area contributed by atoms with E-state index in [1.165, 1.54) is 0 Å². The Morgan fingerprint density at radius 3 is 2.69 bits per heavy atom. The first-order valence-electron chi connectivity index (χ1n) is 4.83. The zero-order chi connectivity index (χ0) is 11.5. The number of methoxy groups -OCH3 is 1. The zero-order valence-electron chi connectivity index (χ0n) is 8.98. The standard InChI is InChI=1S/C11H11ClN2O2/c1-7(12)10-13-14-11(16-10)8-5-3-4-6-9(8)15-2/h3-7H,1-2H3. The quantitative estimate of drug-likeness (QED) is 0.771. The monoisotopic (exact) mass is 238 g/mol. The van der Waals surface area contributed by atoms with E-state index < -0.39 is 0 Å². The van der Waals surface area contributed by atoms with Crippen LogP contribution in [0, 0.1) is 0 Å². The highest BCUT2D eigenvalue weighted by molar-refractivity contribution is 6.20. The third kappa shape index (κ3) is 2.02. The number of halogens is 1. The summed E-state index contributed by atoms with van der Waals surface area (Å²) in [5.41, 5.74) is 0.765. The van der Waals surface area contributed by atoms with Crippen LogP contribution in [0.5, 0.6) is 5.75 Å². The van der Waals surface area contributed by atoms with Gasteiger partial charge in [0.05, 0.1) is 12.7 Å². The van der Waals surface area contributed by atoms with Crippen LogP contribution in [0.15, 0.2) is 28.7 Å². The molecule has 1 aromatic carbocycles. The number of alkyl halides is 1. The SMILES string of the molecule is COc1ccccc1-c1nnc(C(C)Cl)o1. The van der Waals surface area contributed by atoms with Crippen molar-refractivity contribution in [3.8, 4) is 17.2 Å². The molecule has 2 rings (SSSR count). The van der Waals surface area contributed by atoms with E-state index in [1.54, 1.807) is 14.0 Å². The lowest BCUT2D eigenvalue weighted by molar-refractivity contribution is 0.413. The van der Waals surface area contributed by atoms with Crippen molar-refractivity contribution in [2.75, 3.05) is 7.11 Å². The Labute approximate surface area is 98.2 Å². The lowest BCUT2D eigenvalue weighted by Gasteiger charge is -2.03. The van der Waals surface area contributed by atoms with Gasteiger partial charge in [-0.3, -0.25) is 0 Å². The fraction of sp³-hybridized carbons (Fsp3) is 0.273. The molecule has 0 fully saturated rings. The fourth-order valence-electron chi connectivity index (χ4n) is 1.33. The second-order valence-electron chi connectivity index (χ2n) is 3.26. The molecule has 0 N–H and O–H groups in total. The molecule has 1 unspecified atom stereocenters. The van der Waals surface area contributed by atoms with Crippen molar-refractivity contribution in [2.45, 2.75) is 12.3 Å². The average molecular weight is 239 g/mol. The Hall–Kier alpha value is -1.55. The molecule has 4 nitrogen and oxygen atoms in total. The van der Waals surface area contributed by atoms with Gasteiger partial charge in [0.2, 0.25) is 5.89 Å². The summed E-state index contributed by atoms with van der Waals surface area (Å²) in [5, 5.41) is 7.50. The fourth-order valence-corrected chi connectivity index (χ4v) is 1.41. The predicted octanol–water partition coefficient (Wildman–Crippen LogP) is 3.05. The second kappa shape index (κ2) is 4.53. The van der Waals surface area contributed by atoms with Crippen molar-refractivity contribution < 1.29 is 9.15 Å². The Morgan fingerprint density at radius 1 is 1.31 bits per heavy atom. The van der Waals surface area contributed by atoms with Gasteiger partial charge in [0.15, 0.2) is 0 Å². The summed E-state index contributed by atoms with van der Waals surface area (Å²) in [4.78, 5) is 0. The van der Waals surface area contributed by atoms with Gasteiger partial charge < -0.3 is 9.15 Å². The van der Waals surface area contributed by atoms with Crippen LogP contribution < -0.4 is 4.74 Å². The summed E-state index contributed by atoms with van der Waals surface area (Å²) in [6.07, 6.45) is 0. The molecule has 2 aromatic rings. The highest BCUT2D eigenvalue weighted by Crippen LogP contribution is 2.30. The number of hydrogen-bond acceptors (Lipinski definition) is 4. The van der Waals surface area contributed by atoms with Crippen LogP contribution in [-0.4, -0.2) is 17.3 Å². The summed E-state index contributed by atoms with van der Waals surface area (Å²) < 4.78 is 10.6. The Kier molecular flexibility index (Phi) is 3.10. The second-order valence-corrected chi connectivity index (χ2v) is 3.92. The number of hydrogen-bond donors (Lipinski definition) is 0. The number of benzene rings is 1. The molecule has 0 saturated carbocycles. The van der Waals surface area contributed by atoms with E-state index in [1.807, 2.05) is 24.3 Å². The summed E-state index contributed by atoms with van der Waals surface area (Å²) >= 11 is 5.85. The first kappa shape index (κ1) is 11.0. The topological polar surface area (TPSA) is 48.2 Å². The maximum atomic E-state index is 5.85. The van der Waals surface area contributed by atoms with Crippen molar-refractivity contribution in [1.29, 1.82) is 0 Å². The van der Waals surface area contributed by atoms with Crippen LogP contribution in [0.25, 0.3) is 11.5 Å². The van der Waals surface area contributed by atoms with Crippen LogP contribution in [0.1, 0.15) is 18.2 Å². The highest BCUT2D eigenvalue weighted by Gasteiger charge is 2.15. The van der Waals surface area contributed by atoms with Crippen LogP contribution in [0.4, 0.5) is 0 Å². The molecule has 0 saturated heterocycles. The summed E-state index contributed by atoms with van der Waals surface area (Å²) in [6, 6.07) is 7.45. The number of para-hydroxylation sites is 1. The van der Waals surface area contributed by atoms with Crippen LogP contribution in [-0.2, 0) is 0 Å². The first-order valence-corrected chi connectivity index (χ1v) is 5.27. The molecule has 0 aliphatic carbocycles. The highest BCUT2D eigenvalue weighted by atomic mass is 35.5. The van der Waals surface area contributed by atoms with Gasteiger partial charge in [-0.25, -0.2) is 0 Å². The maximum Gasteiger partial charge on any atom is 0.251 e. The van der Waals surface area contributed by atoms with E-state index in [-0.39, 0.29) is 5.38 Å². The summed E-state index contributed by atoms with van der Waals surface area (Å²) in [5.74, 6) is 1.52. The predicted molar refractivity (Wildman–Crippen MR) is 60.6 cm³/mol. The normalized spacial score (nSPS) is 12.4. The molecule has 0 radical (unpaired) electrons. The van der Waals surface area contributed by atoms with Crippen LogP contribution >= 0.6 is 11.6 Å². The molecule has 0 aliphatic rings. The van der Waals surface area contributed by atoms with Crippen LogP contribution in [0.2, 0.25) is 0 Å². The Balaban J connectivity index is 2.42. The largest absolute Gasteiger partial charge is 0.496 e. The summed E-state index contributed by atoms with van der Waals surface area (Å²) in [6.45, 7) is 1.78. The third-order valence-corrected chi connectivity index (χ3v) is 2.30. The molecule has 1 heterocycles. The van der Waals surface area contributed by atoms with Gasteiger partial charge in [0, 0.05) is 0 Å². The lowest BCUT2D eigenvalue weighted by atomic mass is 10.2. The number of nitrogens with zero attached hydrogens (tertiary/aromatic N) is 2. The van der Waals surface area contributed by atoms with Gasteiger partial charge in [0.1, 0.15) is 11.1 Å². The van der Waals surface area contributed by atoms with E-state index >= 15 is 0 Å². The molecule has 0 bridgehead atoms. The molecule has 1 atom stereocenters. The molecular weight excluding hydrogens is 228 g/mol. The van der Waals surface area contributed by atoms with Crippen molar-refractivity contribution >= 4 is 11.6 Å². The first-order chi connectivity index (χ1) is 7.72. The maximum absolute atomic E-state index is 5.85. The smallest absolute Gasteiger partial charge is 0.251 e. The minimum absolute atomic E-state index is 0.295. The van der Waals surface area contributed by atoms with Gasteiger partial charge in [0.25, 0.3) is 5.89 Å². The molecule has 84 valence electrons. The van der Waals surface area contributed by atoms with E-state index in [9.17, 15) is 0 Å². The van der Waals surface area contributed by atoms with Crippen LogP contribution in [0.3, 0.4) is 0 Å². The van der Waals surface area contributed by atoms with E-state index in [0.29, 0.717) is 17.5 Å². The summed E-state index contributed by atoms with van der Waals surface area (Å²) in [7, 11) is 1.60. The number of ether oxygens (including phenoxy) is 1. The van der Waals surface area contributed by atoms with Gasteiger partial charge >= 0.3 is 0 Å². The van der Waals surface area contributed by atoms with E-state index in [4.69, 9.17) is 20.8 Å². The van der Waals surface area contributed by atoms with Crippen molar-refractivity contribution in [3.05, 3.63) is 30.2 Å². The molecular formula is C11H11ClN2O2. The van der Waals surface area contributed by atoms with Gasteiger partial charge in [-0.1, -0.05) is 12.1 Å². The third-order valence-electron chi connectivity index (χ3n) is 2.12.